The lowest BCUT2D eigenvalue weighted by Gasteiger charge is -2.28. The number of amides is 1. The van der Waals surface area contributed by atoms with Crippen LogP contribution in [0, 0.1) is 17.8 Å². The number of rotatable bonds is 4. The van der Waals surface area contributed by atoms with Crippen LogP contribution in [0.25, 0.3) is 0 Å². The predicted molar refractivity (Wildman–Crippen MR) is 71.9 cm³/mol. The lowest BCUT2D eigenvalue weighted by atomic mass is 9.84. The molecular weight excluding hydrogens is 262 g/mol. The molecular formula is C14H17NO3S. The average molecular weight is 279 g/mol. The summed E-state index contributed by atoms with van der Waals surface area (Å²) in [7, 11) is 0. The van der Waals surface area contributed by atoms with Crippen LogP contribution in [-0.4, -0.2) is 23.0 Å². The minimum Gasteiger partial charge on any atom is -0.481 e. The molecule has 4 nitrogen and oxygen atoms in total. The first-order valence-corrected chi connectivity index (χ1v) is 7.57. The summed E-state index contributed by atoms with van der Waals surface area (Å²) in [6.07, 6.45) is 3.37. The molecule has 2 aliphatic rings. The molecule has 1 amide bonds. The molecule has 0 aromatic carbocycles. The van der Waals surface area contributed by atoms with Gasteiger partial charge >= 0.3 is 5.97 Å². The minimum atomic E-state index is -0.756. The van der Waals surface area contributed by atoms with Crippen molar-refractivity contribution in [3.05, 3.63) is 22.4 Å². The highest BCUT2D eigenvalue weighted by atomic mass is 32.1. The molecule has 1 aromatic heterocycles. The average Bonchev–Trinajstić information content (AvgIpc) is 3.03. The number of thiophene rings is 1. The summed E-state index contributed by atoms with van der Waals surface area (Å²) in [6.45, 7) is 0. The van der Waals surface area contributed by atoms with Crippen LogP contribution in [0.15, 0.2) is 17.5 Å². The second-order valence-electron chi connectivity index (χ2n) is 5.55. The van der Waals surface area contributed by atoms with Crippen molar-refractivity contribution in [1.82, 2.24) is 5.32 Å². The summed E-state index contributed by atoms with van der Waals surface area (Å²) < 4.78 is 0. The van der Waals surface area contributed by atoms with Gasteiger partial charge in [-0.05, 0) is 42.5 Å². The highest BCUT2D eigenvalue weighted by Crippen LogP contribution is 2.48. The van der Waals surface area contributed by atoms with E-state index in [2.05, 4.69) is 5.32 Å². The largest absolute Gasteiger partial charge is 0.481 e. The fourth-order valence-electron chi connectivity index (χ4n) is 3.66. The second kappa shape index (κ2) is 4.96. The van der Waals surface area contributed by atoms with Crippen molar-refractivity contribution in [2.45, 2.75) is 31.7 Å². The van der Waals surface area contributed by atoms with Crippen molar-refractivity contribution in [1.29, 1.82) is 0 Å². The summed E-state index contributed by atoms with van der Waals surface area (Å²) in [6, 6.07) is 3.69. The Morgan fingerprint density at radius 2 is 2.16 bits per heavy atom. The van der Waals surface area contributed by atoms with Crippen LogP contribution < -0.4 is 5.32 Å². The molecule has 1 heterocycles. The Hall–Kier alpha value is -1.36. The molecule has 0 radical (unpaired) electrons. The molecule has 0 aliphatic heterocycles. The lowest BCUT2D eigenvalue weighted by molar-refractivity contribution is -0.144. The number of carbonyl (C=O) groups excluding carboxylic acids is 1. The third kappa shape index (κ3) is 2.39. The number of fused-ring (bicyclic) bond motifs is 2. The number of nitrogens with one attached hydrogen (secondary N) is 1. The van der Waals surface area contributed by atoms with Gasteiger partial charge in [0.05, 0.1) is 12.3 Å². The molecule has 2 saturated carbocycles. The molecule has 0 saturated heterocycles. The molecule has 2 fully saturated rings. The molecule has 5 heteroatoms. The Morgan fingerprint density at radius 3 is 2.84 bits per heavy atom. The summed E-state index contributed by atoms with van der Waals surface area (Å²) in [5.41, 5.74) is 0. The third-order valence-electron chi connectivity index (χ3n) is 4.44. The molecule has 3 rings (SSSR count). The molecule has 1 aromatic rings. The zero-order valence-corrected chi connectivity index (χ0v) is 11.4. The summed E-state index contributed by atoms with van der Waals surface area (Å²) in [5.74, 6) is -0.571. The van der Waals surface area contributed by atoms with Gasteiger partial charge in [0.15, 0.2) is 0 Å². The summed E-state index contributed by atoms with van der Waals surface area (Å²) in [4.78, 5) is 24.4. The number of hydrogen-bond acceptors (Lipinski definition) is 3. The van der Waals surface area contributed by atoms with Crippen LogP contribution in [0.2, 0.25) is 0 Å². The maximum absolute atomic E-state index is 12.0. The van der Waals surface area contributed by atoms with Crippen molar-refractivity contribution >= 4 is 23.2 Å². The Labute approximate surface area is 115 Å². The van der Waals surface area contributed by atoms with Crippen LogP contribution in [0.3, 0.4) is 0 Å². The minimum absolute atomic E-state index is 0.0498. The van der Waals surface area contributed by atoms with E-state index in [0.717, 1.165) is 24.1 Å². The van der Waals surface area contributed by atoms with Crippen LogP contribution >= 0.6 is 11.3 Å². The molecule has 0 spiro atoms. The van der Waals surface area contributed by atoms with Gasteiger partial charge in [-0.25, -0.2) is 0 Å². The van der Waals surface area contributed by atoms with E-state index in [1.54, 1.807) is 11.3 Å². The number of carboxylic acid groups (broad SMARTS) is 1. The van der Waals surface area contributed by atoms with Gasteiger partial charge in [-0.15, -0.1) is 11.3 Å². The van der Waals surface area contributed by atoms with E-state index in [9.17, 15) is 14.7 Å². The molecule has 4 unspecified atom stereocenters. The van der Waals surface area contributed by atoms with E-state index in [0.29, 0.717) is 12.3 Å². The molecule has 102 valence electrons. The first-order valence-electron chi connectivity index (χ1n) is 6.69. The highest BCUT2D eigenvalue weighted by Gasteiger charge is 2.51. The van der Waals surface area contributed by atoms with E-state index >= 15 is 0 Å². The van der Waals surface area contributed by atoms with E-state index in [-0.39, 0.29) is 23.8 Å². The van der Waals surface area contributed by atoms with E-state index in [1.165, 1.54) is 0 Å². The lowest BCUT2D eigenvalue weighted by Crippen LogP contribution is -2.47. The normalized spacial score (nSPS) is 32.4. The van der Waals surface area contributed by atoms with Crippen molar-refractivity contribution < 1.29 is 14.7 Å². The van der Waals surface area contributed by atoms with Gasteiger partial charge in [0.25, 0.3) is 0 Å². The first-order chi connectivity index (χ1) is 9.15. The van der Waals surface area contributed by atoms with Gasteiger partial charge in [0.2, 0.25) is 5.91 Å². The van der Waals surface area contributed by atoms with Gasteiger partial charge in [0, 0.05) is 10.9 Å². The zero-order valence-electron chi connectivity index (χ0n) is 10.5. The zero-order chi connectivity index (χ0) is 13.4. The third-order valence-corrected chi connectivity index (χ3v) is 5.32. The predicted octanol–water partition coefficient (Wildman–Crippen LogP) is 1.91. The van der Waals surface area contributed by atoms with Crippen LogP contribution in [0.4, 0.5) is 0 Å². The number of carboxylic acids is 1. The number of aliphatic carboxylic acids is 1. The van der Waals surface area contributed by atoms with Crippen molar-refractivity contribution in [2.24, 2.45) is 17.8 Å². The SMILES string of the molecule is O=C(Cc1cccs1)NC1C2CCC(C2)C1C(=O)O. The Bertz CT molecular complexity index is 485. The fraction of sp³-hybridized carbons (Fsp3) is 0.571. The van der Waals surface area contributed by atoms with Gasteiger partial charge in [-0.3, -0.25) is 9.59 Å². The number of hydrogen-bond donors (Lipinski definition) is 2. The topological polar surface area (TPSA) is 66.4 Å². The first kappa shape index (κ1) is 12.7. The van der Waals surface area contributed by atoms with Crippen LogP contribution in [0.1, 0.15) is 24.1 Å². The Balaban J connectivity index is 1.65. The van der Waals surface area contributed by atoms with E-state index in [1.807, 2.05) is 17.5 Å². The monoisotopic (exact) mass is 279 g/mol. The Kier molecular flexibility index (Phi) is 3.31. The van der Waals surface area contributed by atoms with Crippen molar-refractivity contribution in [3.8, 4) is 0 Å². The summed E-state index contributed by atoms with van der Waals surface area (Å²) in [5, 5.41) is 14.2. The van der Waals surface area contributed by atoms with Gasteiger partial charge < -0.3 is 10.4 Å². The maximum atomic E-state index is 12.0. The number of carbonyl (C=O) groups is 2. The van der Waals surface area contributed by atoms with Crippen molar-refractivity contribution in [3.63, 3.8) is 0 Å². The second-order valence-corrected chi connectivity index (χ2v) is 6.58. The van der Waals surface area contributed by atoms with Crippen LogP contribution in [0.5, 0.6) is 0 Å². The molecule has 2 bridgehead atoms. The smallest absolute Gasteiger partial charge is 0.308 e. The molecule has 2 aliphatic carbocycles. The van der Waals surface area contributed by atoms with E-state index in [4.69, 9.17) is 0 Å². The standard InChI is InChI=1S/C14H17NO3S/c16-11(7-10-2-1-5-19-10)15-13-9-4-3-8(6-9)12(13)14(17)18/h1-2,5,8-9,12-13H,3-4,6-7H2,(H,15,16)(H,17,18). The van der Waals surface area contributed by atoms with Crippen LogP contribution in [-0.2, 0) is 16.0 Å². The van der Waals surface area contributed by atoms with Gasteiger partial charge in [0.1, 0.15) is 0 Å². The van der Waals surface area contributed by atoms with Gasteiger partial charge in [-0.1, -0.05) is 6.07 Å². The molecule has 2 N–H and O–H groups in total. The fourth-order valence-corrected chi connectivity index (χ4v) is 4.37. The molecule has 19 heavy (non-hydrogen) atoms. The Morgan fingerprint density at radius 1 is 1.37 bits per heavy atom. The summed E-state index contributed by atoms with van der Waals surface area (Å²) >= 11 is 1.55. The van der Waals surface area contributed by atoms with Gasteiger partial charge in [-0.2, -0.15) is 0 Å². The highest BCUT2D eigenvalue weighted by molar-refractivity contribution is 7.10. The van der Waals surface area contributed by atoms with E-state index < -0.39 is 5.97 Å². The molecule has 4 atom stereocenters. The quantitative estimate of drug-likeness (QED) is 0.884. The van der Waals surface area contributed by atoms with Crippen molar-refractivity contribution in [2.75, 3.05) is 0 Å². The maximum Gasteiger partial charge on any atom is 0.308 e.